The Morgan fingerprint density at radius 1 is 1.29 bits per heavy atom. The van der Waals surface area contributed by atoms with Gasteiger partial charge in [0.1, 0.15) is 5.75 Å². The standard InChI is InChI=1S/C17H24N2O4S/c1-12-10-15(7-8-16(12)23-2)24(21,22)19-9-3-4-13(11-19)17(20)18-14-5-6-14/h7-8,10,13-14H,3-6,9,11H2,1-2H3,(H,18,20)/t13-/m0/s1. The van der Waals surface area contributed by atoms with Crippen molar-refractivity contribution in [2.75, 3.05) is 20.2 Å². The zero-order valence-electron chi connectivity index (χ0n) is 14.1. The van der Waals surface area contributed by atoms with Crippen LogP contribution in [0.1, 0.15) is 31.2 Å². The summed E-state index contributed by atoms with van der Waals surface area (Å²) in [5, 5.41) is 2.98. The highest BCUT2D eigenvalue weighted by atomic mass is 32.2. The Hall–Kier alpha value is -1.60. The molecule has 0 unspecified atom stereocenters. The first-order chi connectivity index (χ1) is 11.4. The Bertz CT molecular complexity index is 728. The monoisotopic (exact) mass is 352 g/mol. The summed E-state index contributed by atoms with van der Waals surface area (Å²) in [6, 6.07) is 5.16. The quantitative estimate of drug-likeness (QED) is 0.875. The number of piperidine rings is 1. The third-order valence-electron chi connectivity index (χ3n) is 4.68. The molecule has 132 valence electrons. The minimum atomic E-state index is -3.59. The highest BCUT2D eigenvalue weighted by Gasteiger charge is 2.35. The SMILES string of the molecule is COc1ccc(S(=O)(=O)N2CCC[C@H](C(=O)NC3CC3)C2)cc1C. The van der Waals surface area contributed by atoms with E-state index in [0.29, 0.717) is 24.8 Å². The van der Waals surface area contributed by atoms with E-state index < -0.39 is 10.0 Å². The lowest BCUT2D eigenvalue weighted by Gasteiger charge is -2.31. The molecule has 1 amide bonds. The van der Waals surface area contributed by atoms with Crippen LogP contribution in [0.25, 0.3) is 0 Å². The van der Waals surface area contributed by atoms with Crippen LogP contribution in [0.2, 0.25) is 0 Å². The predicted molar refractivity (Wildman–Crippen MR) is 90.4 cm³/mol. The van der Waals surface area contributed by atoms with Crippen LogP contribution < -0.4 is 10.1 Å². The number of nitrogens with one attached hydrogen (secondary N) is 1. The maximum atomic E-state index is 12.9. The van der Waals surface area contributed by atoms with Gasteiger partial charge in [0.05, 0.1) is 17.9 Å². The summed E-state index contributed by atoms with van der Waals surface area (Å²) in [4.78, 5) is 12.5. The summed E-state index contributed by atoms with van der Waals surface area (Å²) in [6.45, 7) is 2.53. The van der Waals surface area contributed by atoms with E-state index in [9.17, 15) is 13.2 Å². The molecule has 1 aliphatic carbocycles. The molecule has 2 fully saturated rings. The maximum absolute atomic E-state index is 12.9. The van der Waals surface area contributed by atoms with Crippen LogP contribution in [0.15, 0.2) is 23.1 Å². The molecular formula is C17H24N2O4S. The van der Waals surface area contributed by atoms with Crippen LogP contribution in [0.4, 0.5) is 0 Å². The van der Waals surface area contributed by atoms with Crippen molar-refractivity contribution in [2.45, 2.75) is 43.5 Å². The maximum Gasteiger partial charge on any atom is 0.243 e. The Labute approximate surface area is 143 Å². The molecule has 24 heavy (non-hydrogen) atoms. The van der Waals surface area contributed by atoms with Crippen molar-refractivity contribution in [3.8, 4) is 5.75 Å². The zero-order chi connectivity index (χ0) is 17.3. The Morgan fingerprint density at radius 2 is 2.04 bits per heavy atom. The molecule has 1 aromatic rings. The molecule has 1 saturated heterocycles. The first kappa shape index (κ1) is 17.2. The van der Waals surface area contributed by atoms with E-state index in [1.165, 1.54) is 4.31 Å². The molecule has 0 bridgehead atoms. The van der Waals surface area contributed by atoms with Crippen molar-refractivity contribution in [1.29, 1.82) is 0 Å². The summed E-state index contributed by atoms with van der Waals surface area (Å²) in [7, 11) is -2.03. The largest absolute Gasteiger partial charge is 0.496 e. The van der Waals surface area contributed by atoms with Gasteiger partial charge in [-0.3, -0.25) is 4.79 Å². The van der Waals surface area contributed by atoms with E-state index in [1.54, 1.807) is 25.3 Å². The lowest BCUT2D eigenvalue weighted by Crippen LogP contribution is -2.45. The number of sulfonamides is 1. The van der Waals surface area contributed by atoms with Crippen LogP contribution in [0, 0.1) is 12.8 Å². The van der Waals surface area contributed by atoms with Crippen LogP contribution in [-0.4, -0.2) is 44.9 Å². The molecular weight excluding hydrogens is 328 g/mol. The molecule has 0 radical (unpaired) electrons. The minimum Gasteiger partial charge on any atom is -0.496 e. The number of carbonyl (C=O) groups excluding carboxylic acids is 1. The molecule has 1 N–H and O–H groups in total. The molecule has 1 heterocycles. The molecule has 6 nitrogen and oxygen atoms in total. The van der Waals surface area contributed by atoms with Crippen molar-refractivity contribution < 1.29 is 17.9 Å². The van der Waals surface area contributed by atoms with Crippen molar-refractivity contribution in [1.82, 2.24) is 9.62 Å². The van der Waals surface area contributed by atoms with Gasteiger partial charge >= 0.3 is 0 Å². The van der Waals surface area contributed by atoms with Crippen molar-refractivity contribution in [2.24, 2.45) is 5.92 Å². The molecule has 1 aromatic carbocycles. The van der Waals surface area contributed by atoms with E-state index in [0.717, 1.165) is 24.8 Å². The summed E-state index contributed by atoms with van der Waals surface area (Å²) >= 11 is 0. The molecule has 1 saturated carbocycles. The van der Waals surface area contributed by atoms with Crippen LogP contribution >= 0.6 is 0 Å². The number of ether oxygens (including phenoxy) is 1. The van der Waals surface area contributed by atoms with Crippen LogP contribution in [0.3, 0.4) is 0 Å². The molecule has 1 aliphatic heterocycles. The van der Waals surface area contributed by atoms with Crippen LogP contribution in [-0.2, 0) is 14.8 Å². The van der Waals surface area contributed by atoms with Gasteiger partial charge in [-0.1, -0.05) is 0 Å². The van der Waals surface area contributed by atoms with Crippen molar-refractivity contribution >= 4 is 15.9 Å². The van der Waals surface area contributed by atoms with Gasteiger partial charge in [0.25, 0.3) is 0 Å². The smallest absolute Gasteiger partial charge is 0.243 e. The topological polar surface area (TPSA) is 75.7 Å². The lowest BCUT2D eigenvalue weighted by atomic mass is 9.99. The Kier molecular flexibility index (Phi) is 4.83. The second-order valence-electron chi connectivity index (χ2n) is 6.62. The molecule has 0 spiro atoms. The average Bonchev–Trinajstić information content (AvgIpc) is 3.38. The summed E-state index contributed by atoms with van der Waals surface area (Å²) in [5.74, 6) is 0.395. The van der Waals surface area contributed by atoms with Gasteiger partial charge in [-0.25, -0.2) is 8.42 Å². The minimum absolute atomic E-state index is 0.0108. The highest BCUT2D eigenvalue weighted by molar-refractivity contribution is 7.89. The van der Waals surface area contributed by atoms with E-state index >= 15 is 0 Å². The van der Waals surface area contributed by atoms with Gasteiger partial charge in [0.2, 0.25) is 15.9 Å². The average molecular weight is 352 g/mol. The van der Waals surface area contributed by atoms with E-state index in [2.05, 4.69) is 5.32 Å². The predicted octanol–water partition coefficient (Wildman–Crippen LogP) is 1.68. The highest BCUT2D eigenvalue weighted by Crippen LogP contribution is 2.28. The number of aryl methyl sites for hydroxylation is 1. The molecule has 3 rings (SSSR count). The number of nitrogens with zero attached hydrogens (tertiary/aromatic N) is 1. The van der Waals surface area contributed by atoms with Gasteiger partial charge in [-0.2, -0.15) is 4.31 Å². The van der Waals surface area contributed by atoms with Gasteiger partial charge in [0, 0.05) is 19.1 Å². The number of rotatable bonds is 5. The van der Waals surface area contributed by atoms with Gasteiger partial charge in [0.15, 0.2) is 0 Å². The number of methoxy groups -OCH3 is 1. The summed E-state index contributed by atoms with van der Waals surface area (Å²) in [5.41, 5.74) is 0.776. The third-order valence-corrected chi connectivity index (χ3v) is 6.54. The zero-order valence-corrected chi connectivity index (χ0v) is 14.9. The van der Waals surface area contributed by atoms with Gasteiger partial charge in [-0.15, -0.1) is 0 Å². The lowest BCUT2D eigenvalue weighted by molar-refractivity contribution is -0.126. The van der Waals surface area contributed by atoms with Gasteiger partial charge < -0.3 is 10.1 Å². The van der Waals surface area contributed by atoms with Crippen LogP contribution in [0.5, 0.6) is 5.75 Å². The fraction of sp³-hybridized carbons (Fsp3) is 0.588. The van der Waals surface area contributed by atoms with Crippen molar-refractivity contribution in [3.05, 3.63) is 23.8 Å². The molecule has 2 aliphatic rings. The van der Waals surface area contributed by atoms with Crippen molar-refractivity contribution in [3.63, 3.8) is 0 Å². The fourth-order valence-corrected chi connectivity index (χ4v) is 4.69. The fourth-order valence-electron chi connectivity index (χ4n) is 3.08. The number of benzene rings is 1. The second-order valence-corrected chi connectivity index (χ2v) is 8.55. The first-order valence-corrected chi connectivity index (χ1v) is 9.81. The van der Waals surface area contributed by atoms with Gasteiger partial charge in [-0.05, 0) is 56.4 Å². The first-order valence-electron chi connectivity index (χ1n) is 8.37. The normalized spacial score (nSPS) is 22.2. The summed E-state index contributed by atoms with van der Waals surface area (Å²) in [6.07, 6.45) is 3.51. The molecule has 1 atom stereocenters. The number of hydrogen-bond acceptors (Lipinski definition) is 4. The van der Waals surface area contributed by atoms with E-state index in [4.69, 9.17) is 4.74 Å². The number of carbonyl (C=O) groups is 1. The van der Waals surface area contributed by atoms with E-state index in [1.807, 2.05) is 6.92 Å². The summed E-state index contributed by atoms with van der Waals surface area (Å²) < 4.78 is 32.4. The van der Waals surface area contributed by atoms with E-state index in [-0.39, 0.29) is 23.3 Å². The molecule has 7 heteroatoms. The second kappa shape index (κ2) is 6.72. The Balaban J connectivity index is 1.75. The third kappa shape index (κ3) is 3.57. The number of amides is 1. The molecule has 0 aromatic heterocycles. The number of hydrogen-bond donors (Lipinski definition) is 1. The Morgan fingerprint density at radius 3 is 2.67 bits per heavy atom.